The Hall–Kier alpha value is -5.67. The molecule has 0 bridgehead atoms. The molecule has 5 aromatic carbocycles. The summed E-state index contributed by atoms with van der Waals surface area (Å²) in [6, 6.07) is 51.0. The van der Waals surface area contributed by atoms with Gasteiger partial charge in [0, 0.05) is 33.9 Å². The maximum Gasteiger partial charge on any atom is 0.159 e. The van der Waals surface area contributed by atoms with Gasteiger partial charge in [-0.2, -0.15) is 0 Å². The van der Waals surface area contributed by atoms with Crippen LogP contribution in [0.4, 0.5) is 0 Å². The third-order valence-corrected chi connectivity index (χ3v) is 8.91. The monoisotopic (exact) mass is 577 g/mol. The maximum absolute atomic E-state index is 5.13. The Balaban J connectivity index is 1.13. The van der Waals surface area contributed by atoms with Crippen LogP contribution in [0.1, 0.15) is 25.1 Å². The van der Waals surface area contributed by atoms with Gasteiger partial charge in [0.25, 0.3) is 0 Å². The SMILES string of the molecule is CC1(C)c2ccccc2-c2cnc(-c3ccc(-c4cccc(-c5cc(-c6ccccc6)cc(-c6ccccc6)n5)c4)cc3)nc21. The molecule has 3 heteroatoms. The van der Waals surface area contributed by atoms with Gasteiger partial charge in [0.15, 0.2) is 5.82 Å². The maximum atomic E-state index is 5.13. The predicted molar refractivity (Wildman–Crippen MR) is 185 cm³/mol. The molecule has 0 aliphatic heterocycles. The standard InChI is InChI=1S/C42H31N3/c1-42(2)37-19-10-9-18-35(37)36-27-43-41(45-40(36)42)31-22-20-29(21-23-31)32-16-11-17-33(24-32)39-26-34(28-12-5-3-6-13-28)25-38(44-39)30-14-7-4-8-15-30/h3-27H,1-2H3. The van der Waals surface area contributed by atoms with Crippen LogP contribution in [-0.4, -0.2) is 15.0 Å². The lowest BCUT2D eigenvalue weighted by molar-refractivity contribution is 0.636. The third-order valence-electron chi connectivity index (χ3n) is 8.91. The smallest absolute Gasteiger partial charge is 0.159 e. The number of nitrogens with zero attached hydrogens (tertiary/aromatic N) is 3. The second kappa shape index (κ2) is 10.8. The van der Waals surface area contributed by atoms with Crippen LogP contribution in [0.2, 0.25) is 0 Å². The minimum absolute atomic E-state index is 0.157. The molecule has 214 valence electrons. The van der Waals surface area contributed by atoms with Gasteiger partial charge in [-0.25, -0.2) is 15.0 Å². The van der Waals surface area contributed by atoms with Gasteiger partial charge in [-0.1, -0.05) is 141 Å². The third kappa shape index (κ3) is 4.83. The van der Waals surface area contributed by atoms with E-state index in [1.54, 1.807) is 0 Å². The van der Waals surface area contributed by atoms with E-state index in [1.807, 2.05) is 12.3 Å². The van der Waals surface area contributed by atoms with Crippen molar-refractivity contribution in [2.45, 2.75) is 19.3 Å². The van der Waals surface area contributed by atoms with E-state index in [0.717, 1.165) is 61.9 Å². The van der Waals surface area contributed by atoms with E-state index in [1.165, 1.54) is 16.7 Å². The van der Waals surface area contributed by atoms with Gasteiger partial charge in [-0.05, 0) is 51.6 Å². The average Bonchev–Trinajstić information content (AvgIpc) is 3.34. The highest BCUT2D eigenvalue weighted by atomic mass is 14.9. The fraction of sp³-hybridized carbons (Fsp3) is 0.0714. The molecule has 7 aromatic rings. The first-order chi connectivity index (χ1) is 22.0. The van der Waals surface area contributed by atoms with Crippen LogP contribution >= 0.6 is 0 Å². The van der Waals surface area contributed by atoms with Crippen LogP contribution in [-0.2, 0) is 5.41 Å². The number of fused-ring (bicyclic) bond motifs is 3. The number of hydrogen-bond acceptors (Lipinski definition) is 3. The lowest BCUT2D eigenvalue weighted by atomic mass is 9.85. The van der Waals surface area contributed by atoms with Gasteiger partial charge < -0.3 is 0 Å². The number of aromatic nitrogens is 3. The van der Waals surface area contributed by atoms with E-state index in [9.17, 15) is 0 Å². The van der Waals surface area contributed by atoms with E-state index in [4.69, 9.17) is 15.0 Å². The van der Waals surface area contributed by atoms with E-state index in [2.05, 4.69) is 153 Å². The molecule has 0 N–H and O–H groups in total. The summed E-state index contributed by atoms with van der Waals surface area (Å²) in [5.41, 5.74) is 14.3. The fourth-order valence-electron chi connectivity index (χ4n) is 6.49. The van der Waals surface area contributed by atoms with E-state index < -0.39 is 0 Å². The zero-order valence-corrected chi connectivity index (χ0v) is 25.3. The summed E-state index contributed by atoms with van der Waals surface area (Å²) < 4.78 is 0. The van der Waals surface area contributed by atoms with E-state index >= 15 is 0 Å². The molecule has 0 saturated heterocycles. The molecule has 0 spiro atoms. The molecule has 1 aliphatic rings. The highest BCUT2D eigenvalue weighted by molar-refractivity contribution is 5.81. The predicted octanol–water partition coefficient (Wildman–Crippen LogP) is 10.5. The van der Waals surface area contributed by atoms with Crippen LogP contribution in [0.3, 0.4) is 0 Å². The van der Waals surface area contributed by atoms with Crippen molar-refractivity contribution in [3.8, 4) is 67.3 Å². The lowest BCUT2D eigenvalue weighted by Gasteiger charge is -2.20. The van der Waals surface area contributed by atoms with Crippen molar-refractivity contribution in [3.05, 3.63) is 163 Å². The van der Waals surface area contributed by atoms with Crippen molar-refractivity contribution in [1.82, 2.24) is 15.0 Å². The van der Waals surface area contributed by atoms with Crippen LogP contribution < -0.4 is 0 Å². The number of rotatable bonds is 5. The minimum Gasteiger partial charge on any atom is -0.248 e. The van der Waals surface area contributed by atoms with Gasteiger partial charge in [0.05, 0.1) is 17.1 Å². The van der Waals surface area contributed by atoms with Crippen molar-refractivity contribution >= 4 is 0 Å². The highest BCUT2D eigenvalue weighted by Crippen LogP contribution is 2.47. The first kappa shape index (κ1) is 26.9. The summed E-state index contributed by atoms with van der Waals surface area (Å²) in [5, 5.41) is 0. The molecule has 45 heavy (non-hydrogen) atoms. The Kier molecular flexibility index (Phi) is 6.46. The lowest BCUT2D eigenvalue weighted by Crippen LogP contribution is -2.17. The molecule has 2 aromatic heterocycles. The van der Waals surface area contributed by atoms with Gasteiger partial charge >= 0.3 is 0 Å². The van der Waals surface area contributed by atoms with Crippen LogP contribution in [0.5, 0.6) is 0 Å². The molecule has 3 nitrogen and oxygen atoms in total. The Morgan fingerprint density at radius 2 is 1.00 bits per heavy atom. The first-order valence-electron chi connectivity index (χ1n) is 15.4. The summed E-state index contributed by atoms with van der Waals surface area (Å²) in [5.74, 6) is 0.755. The largest absolute Gasteiger partial charge is 0.248 e. The summed E-state index contributed by atoms with van der Waals surface area (Å²) in [4.78, 5) is 15.0. The zero-order valence-electron chi connectivity index (χ0n) is 25.3. The molecule has 1 aliphatic carbocycles. The van der Waals surface area contributed by atoms with Crippen molar-refractivity contribution in [2.75, 3.05) is 0 Å². The quantitative estimate of drug-likeness (QED) is 0.204. The normalized spacial score (nSPS) is 12.8. The van der Waals surface area contributed by atoms with Crippen LogP contribution in [0.25, 0.3) is 67.3 Å². The molecule has 0 radical (unpaired) electrons. The Bertz CT molecular complexity index is 2110. The van der Waals surface area contributed by atoms with Gasteiger partial charge in [0.2, 0.25) is 0 Å². The zero-order chi connectivity index (χ0) is 30.4. The van der Waals surface area contributed by atoms with Crippen molar-refractivity contribution < 1.29 is 0 Å². The molecule has 0 atom stereocenters. The molecule has 0 fully saturated rings. The number of benzene rings is 5. The Labute approximate surface area is 264 Å². The van der Waals surface area contributed by atoms with Crippen LogP contribution in [0.15, 0.2) is 152 Å². The molecular weight excluding hydrogens is 546 g/mol. The molecular formula is C42H31N3. The first-order valence-corrected chi connectivity index (χ1v) is 15.4. The summed E-state index contributed by atoms with van der Waals surface area (Å²) in [6.07, 6.45) is 1.99. The van der Waals surface area contributed by atoms with Crippen molar-refractivity contribution in [2.24, 2.45) is 0 Å². The highest BCUT2D eigenvalue weighted by Gasteiger charge is 2.37. The van der Waals surface area contributed by atoms with Gasteiger partial charge in [0.1, 0.15) is 0 Å². The molecule has 0 saturated carbocycles. The minimum atomic E-state index is -0.157. The van der Waals surface area contributed by atoms with E-state index in [0.29, 0.717) is 0 Å². The van der Waals surface area contributed by atoms with Gasteiger partial charge in [-0.15, -0.1) is 0 Å². The fourth-order valence-corrected chi connectivity index (χ4v) is 6.49. The second-order valence-electron chi connectivity index (χ2n) is 12.1. The number of hydrogen-bond donors (Lipinski definition) is 0. The second-order valence-corrected chi connectivity index (χ2v) is 12.1. The molecule has 8 rings (SSSR count). The summed E-state index contributed by atoms with van der Waals surface area (Å²) >= 11 is 0. The Morgan fingerprint density at radius 1 is 0.422 bits per heavy atom. The summed E-state index contributed by atoms with van der Waals surface area (Å²) in [7, 11) is 0. The summed E-state index contributed by atoms with van der Waals surface area (Å²) in [6.45, 7) is 4.50. The topological polar surface area (TPSA) is 38.7 Å². The van der Waals surface area contributed by atoms with Crippen molar-refractivity contribution in [3.63, 3.8) is 0 Å². The van der Waals surface area contributed by atoms with Crippen molar-refractivity contribution in [1.29, 1.82) is 0 Å². The number of pyridine rings is 1. The Morgan fingerprint density at radius 3 is 1.76 bits per heavy atom. The average molecular weight is 578 g/mol. The molecule has 2 heterocycles. The van der Waals surface area contributed by atoms with Gasteiger partial charge in [-0.3, -0.25) is 0 Å². The van der Waals surface area contributed by atoms with Crippen LogP contribution in [0, 0.1) is 0 Å². The molecule has 0 unspecified atom stereocenters. The molecule has 0 amide bonds. The van der Waals surface area contributed by atoms with E-state index in [-0.39, 0.29) is 5.41 Å².